The van der Waals surface area contributed by atoms with Crippen LogP contribution in [0.3, 0.4) is 0 Å². The lowest BCUT2D eigenvalue weighted by molar-refractivity contribution is 0.159. The molecule has 18 heavy (non-hydrogen) atoms. The quantitative estimate of drug-likeness (QED) is 0.593. The first-order valence-corrected chi connectivity index (χ1v) is 7.58. The van der Waals surface area contributed by atoms with Crippen LogP contribution in [0.2, 0.25) is 0 Å². The van der Waals surface area contributed by atoms with E-state index in [1.54, 1.807) is 0 Å². The summed E-state index contributed by atoms with van der Waals surface area (Å²) in [7, 11) is 0. The van der Waals surface area contributed by atoms with E-state index in [0.717, 1.165) is 40.9 Å². The summed E-state index contributed by atoms with van der Waals surface area (Å²) in [6.45, 7) is 0. The van der Waals surface area contributed by atoms with E-state index in [2.05, 4.69) is 48.6 Å². The molecule has 7 unspecified atom stereocenters. The summed E-state index contributed by atoms with van der Waals surface area (Å²) in [6.07, 6.45) is 23.6. The molecule has 3 fully saturated rings. The van der Waals surface area contributed by atoms with Gasteiger partial charge in [0.1, 0.15) is 0 Å². The van der Waals surface area contributed by atoms with Crippen LogP contribution in [0, 0.1) is 40.9 Å². The van der Waals surface area contributed by atoms with Crippen molar-refractivity contribution in [3.05, 3.63) is 48.6 Å². The van der Waals surface area contributed by atoms with Gasteiger partial charge in [0.25, 0.3) is 0 Å². The van der Waals surface area contributed by atoms with E-state index >= 15 is 0 Å². The fourth-order valence-electron chi connectivity index (χ4n) is 5.83. The number of allylic oxidation sites excluding steroid dienone is 8. The van der Waals surface area contributed by atoms with Crippen molar-refractivity contribution in [1.82, 2.24) is 0 Å². The molecule has 0 nitrogen and oxygen atoms in total. The van der Waals surface area contributed by atoms with Crippen molar-refractivity contribution in [2.24, 2.45) is 40.9 Å². The molecule has 0 aromatic carbocycles. The Hall–Kier alpha value is -1.04. The average molecular weight is 236 g/mol. The molecule has 3 saturated carbocycles. The van der Waals surface area contributed by atoms with E-state index < -0.39 is 0 Å². The second kappa shape index (κ2) is 3.10. The van der Waals surface area contributed by atoms with Gasteiger partial charge >= 0.3 is 0 Å². The molecule has 0 heterocycles. The van der Waals surface area contributed by atoms with Crippen LogP contribution in [0.5, 0.6) is 0 Å². The Morgan fingerprint density at radius 2 is 1.33 bits per heavy atom. The Morgan fingerprint density at radius 1 is 0.667 bits per heavy atom. The van der Waals surface area contributed by atoms with Gasteiger partial charge in [0.15, 0.2) is 0 Å². The highest BCUT2D eigenvalue weighted by Gasteiger charge is 2.69. The lowest BCUT2D eigenvalue weighted by Gasteiger charge is -2.38. The Bertz CT molecular complexity index is 506. The van der Waals surface area contributed by atoms with Crippen LogP contribution in [0.15, 0.2) is 48.6 Å². The van der Waals surface area contributed by atoms with Gasteiger partial charge in [0.2, 0.25) is 0 Å². The predicted molar refractivity (Wildman–Crippen MR) is 73.8 cm³/mol. The summed E-state index contributed by atoms with van der Waals surface area (Å²) in [6, 6.07) is 0. The minimum absolute atomic E-state index is 0.741. The third-order valence-corrected chi connectivity index (χ3v) is 6.58. The lowest BCUT2D eigenvalue weighted by atomic mass is 9.66. The first kappa shape index (κ1) is 9.83. The maximum Gasteiger partial charge on any atom is -0.0133 e. The molecular weight excluding hydrogens is 216 g/mol. The molecule has 1 spiro atoms. The summed E-state index contributed by atoms with van der Waals surface area (Å²) in [5.74, 6) is 5.43. The molecule has 0 radical (unpaired) electrons. The lowest BCUT2D eigenvalue weighted by Crippen LogP contribution is -2.32. The molecule has 0 N–H and O–H groups in total. The first-order valence-electron chi connectivity index (χ1n) is 7.58. The molecule has 0 amide bonds. The molecule has 5 aliphatic rings. The Labute approximate surface area is 109 Å². The zero-order chi connectivity index (χ0) is 11.7. The molecule has 0 aromatic heterocycles. The summed E-state index contributed by atoms with van der Waals surface area (Å²) in [4.78, 5) is 0. The number of hydrogen-bond donors (Lipinski definition) is 0. The van der Waals surface area contributed by atoms with Gasteiger partial charge in [-0.25, -0.2) is 0 Å². The molecular formula is C18H20. The summed E-state index contributed by atoms with van der Waals surface area (Å²) < 4.78 is 0. The van der Waals surface area contributed by atoms with Crippen molar-refractivity contribution in [1.29, 1.82) is 0 Å². The average Bonchev–Trinajstić information content (AvgIpc) is 3.05. The standard InChI is InChI=1S/C18H20/c1-3-7-14-12(5-1)9-16-15-8-4-2-6-13(15)10-18(16)11-17(14)18/h1-8,12-17H,9-11H2. The van der Waals surface area contributed by atoms with Crippen molar-refractivity contribution in [2.45, 2.75) is 19.3 Å². The topological polar surface area (TPSA) is 0 Å². The summed E-state index contributed by atoms with van der Waals surface area (Å²) in [5, 5.41) is 0. The van der Waals surface area contributed by atoms with Gasteiger partial charge in [-0.1, -0.05) is 48.6 Å². The van der Waals surface area contributed by atoms with Crippen LogP contribution < -0.4 is 0 Å². The maximum atomic E-state index is 2.52. The molecule has 7 atom stereocenters. The molecule has 92 valence electrons. The fourth-order valence-corrected chi connectivity index (χ4v) is 5.83. The first-order chi connectivity index (χ1) is 8.88. The highest BCUT2D eigenvalue weighted by Crippen LogP contribution is 2.76. The summed E-state index contributed by atoms with van der Waals surface area (Å²) in [5.41, 5.74) is 0.741. The van der Waals surface area contributed by atoms with Gasteiger partial charge in [-0.05, 0) is 60.2 Å². The van der Waals surface area contributed by atoms with E-state index in [4.69, 9.17) is 0 Å². The smallest absolute Gasteiger partial charge is 0.0133 e. The van der Waals surface area contributed by atoms with E-state index in [-0.39, 0.29) is 0 Å². The normalized spacial score (nSPS) is 57.8. The summed E-state index contributed by atoms with van der Waals surface area (Å²) >= 11 is 0. The third-order valence-electron chi connectivity index (χ3n) is 6.58. The number of fused-ring (bicyclic) bond motifs is 4. The largest absolute Gasteiger partial charge is 0.0808 e. The molecule has 0 saturated heterocycles. The molecule has 0 aromatic rings. The van der Waals surface area contributed by atoms with Crippen LogP contribution >= 0.6 is 0 Å². The van der Waals surface area contributed by atoms with Crippen molar-refractivity contribution in [2.75, 3.05) is 0 Å². The minimum Gasteiger partial charge on any atom is -0.0808 e. The van der Waals surface area contributed by atoms with Gasteiger partial charge in [-0.3, -0.25) is 0 Å². The zero-order valence-electron chi connectivity index (χ0n) is 10.7. The second-order valence-electron chi connectivity index (χ2n) is 7.11. The van der Waals surface area contributed by atoms with Crippen LogP contribution in [-0.4, -0.2) is 0 Å². The van der Waals surface area contributed by atoms with Crippen LogP contribution in [0.25, 0.3) is 0 Å². The van der Waals surface area contributed by atoms with E-state index in [0.29, 0.717) is 0 Å². The Morgan fingerprint density at radius 3 is 2.17 bits per heavy atom. The zero-order valence-corrected chi connectivity index (χ0v) is 10.7. The van der Waals surface area contributed by atoms with Gasteiger partial charge in [0, 0.05) is 0 Å². The van der Waals surface area contributed by atoms with Crippen LogP contribution in [0.4, 0.5) is 0 Å². The highest BCUT2D eigenvalue weighted by atomic mass is 14.7. The second-order valence-corrected chi connectivity index (χ2v) is 7.11. The molecule has 5 rings (SSSR count). The molecule has 5 aliphatic carbocycles. The van der Waals surface area contributed by atoms with Gasteiger partial charge in [0.05, 0.1) is 0 Å². The number of rotatable bonds is 0. The minimum atomic E-state index is 0.741. The van der Waals surface area contributed by atoms with Crippen molar-refractivity contribution in [3.63, 3.8) is 0 Å². The van der Waals surface area contributed by atoms with Crippen molar-refractivity contribution in [3.8, 4) is 0 Å². The van der Waals surface area contributed by atoms with E-state index in [1.165, 1.54) is 19.3 Å². The number of hydrogen-bond acceptors (Lipinski definition) is 0. The van der Waals surface area contributed by atoms with Crippen LogP contribution in [0.1, 0.15) is 19.3 Å². The van der Waals surface area contributed by atoms with Crippen LogP contribution in [-0.2, 0) is 0 Å². The predicted octanol–water partition coefficient (Wildman–Crippen LogP) is 4.13. The van der Waals surface area contributed by atoms with Crippen molar-refractivity contribution < 1.29 is 0 Å². The van der Waals surface area contributed by atoms with E-state index in [9.17, 15) is 0 Å². The Balaban J connectivity index is 1.55. The fraction of sp³-hybridized carbons (Fsp3) is 0.556. The van der Waals surface area contributed by atoms with E-state index in [1.807, 2.05) is 0 Å². The molecule has 0 bridgehead atoms. The van der Waals surface area contributed by atoms with Gasteiger partial charge in [-0.2, -0.15) is 0 Å². The SMILES string of the molecule is C1=CC2CC34CC3C3C=CC=CC3CC4C2C=C1. The van der Waals surface area contributed by atoms with Gasteiger partial charge in [-0.15, -0.1) is 0 Å². The molecule has 0 heteroatoms. The Kier molecular flexibility index (Phi) is 1.69. The highest BCUT2D eigenvalue weighted by molar-refractivity contribution is 5.31. The molecule has 0 aliphatic heterocycles. The van der Waals surface area contributed by atoms with Crippen molar-refractivity contribution >= 4 is 0 Å². The monoisotopic (exact) mass is 236 g/mol. The maximum absolute atomic E-state index is 2.52. The van der Waals surface area contributed by atoms with Gasteiger partial charge < -0.3 is 0 Å². The third kappa shape index (κ3) is 1.04.